The Balaban J connectivity index is 2.17. The van der Waals surface area contributed by atoms with Crippen LogP contribution in [0.1, 0.15) is 13.8 Å². The summed E-state index contributed by atoms with van der Waals surface area (Å²) >= 11 is 0. The van der Waals surface area contributed by atoms with E-state index in [0.717, 1.165) is 0 Å². The second kappa shape index (κ2) is 6.23. The Morgan fingerprint density at radius 2 is 1.95 bits per heavy atom. The largest absolute Gasteiger partial charge is 0.476 e. The highest BCUT2D eigenvalue weighted by molar-refractivity contribution is 5.49. The second-order valence-corrected chi connectivity index (χ2v) is 4.78. The smallest absolute Gasteiger partial charge is 0.240 e. The summed E-state index contributed by atoms with van der Waals surface area (Å²) < 4.78 is 24.4. The van der Waals surface area contributed by atoms with Crippen molar-refractivity contribution in [1.82, 2.24) is 4.98 Å². The van der Waals surface area contributed by atoms with Gasteiger partial charge in [0, 0.05) is 6.07 Å². The molecule has 0 unspecified atom stereocenters. The average molecular weight is 276 g/mol. The number of pyridine rings is 1. The molecular weight excluding hydrogens is 259 g/mol. The van der Waals surface area contributed by atoms with Gasteiger partial charge in [0.1, 0.15) is 0 Å². The lowest BCUT2D eigenvalue weighted by molar-refractivity contribution is 0.260. The maximum absolute atomic E-state index is 13.5. The molecule has 2 aromatic rings. The highest BCUT2D eigenvalue weighted by atomic mass is 19.1. The predicted octanol–water partition coefficient (Wildman–Crippen LogP) is 3.63. The van der Waals surface area contributed by atoms with Crippen LogP contribution in [-0.2, 0) is 0 Å². The van der Waals surface area contributed by atoms with Gasteiger partial charge in [0.25, 0.3) is 0 Å². The number of hydrogen-bond acceptors (Lipinski definition) is 4. The molecule has 1 heterocycles. The Hall–Kier alpha value is -2.30. The Morgan fingerprint density at radius 3 is 2.65 bits per heavy atom. The van der Waals surface area contributed by atoms with E-state index in [2.05, 4.69) is 4.98 Å². The molecule has 0 spiro atoms. The van der Waals surface area contributed by atoms with E-state index in [-0.39, 0.29) is 11.6 Å². The van der Waals surface area contributed by atoms with Crippen LogP contribution in [0.2, 0.25) is 0 Å². The van der Waals surface area contributed by atoms with Crippen LogP contribution in [0.25, 0.3) is 0 Å². The van der Waals surface area contributed by atoms with Gasteiger partial charge in [-0.3, -0.25) is 0 Å². The van der Waals surface area contributed by atoms with E-state index in [1.54, 1.807) is 24.3 Å². The fourth-order valence-corrected chi connectivity index (χ4v) is 1.49. The summed E-state index contributed by atoms with van der Waals surface area (Å²) in [7, 11) is 0. The van der Waals surface area contributed by atoms with Crippen molar-refractivity contribution in [1.29, 1.82) is 0 Å². The number of nitrogens with zero attached hydrogens (tertiary/aromatic N) is 1. The van der Waals surface area contributed by atoms with Gasteiger partial charge in [0.15, 0.2) is 11.6 Å². The van der Waals surface area contributed by atoms with E-state index >= 15 is 0 Å². The van der Waals surface area contributed by atoms with Crippen LogP contribution in [0.15, 0.2) is 36.4 Å². The molecule has 0 amide bonds. The van der Waals surface area contributed by atoms with E-state index in [0.29, 0.717) is 24.1 Å². The number of hydrogen-bond donors (Lipinski definition) is 1. The fourth-order valence-electron chi connectivity index (χ4n) is 1.49. The SMILES string of the molecule is CC(C)COc1nc(Oc2ccccc2F)ccc1N. The number of halogens is 1. The van der Waals surface area contributed by atoms with Crippen molar-refractivity contribution in [3.8, 4) is 17.5 Å². The summed E-state index contributed by atoms with van der Waals surface area (Å²) in [5, 5.41) is 0. The van der Waals surface area contributed by atoms with Crippen molar-refractivity contribution in [2.24, 2.45) is 5.92 Å². The van der Waals surface area contributed by atoms with E-state index in [4.69, 9.17) is 15.2 Å². The molecule has 0 bridgehead atoms. The highest BCUT2D eigenvalue weighted by Crippen LogP contribution is 2.27. The molecule has 1 aromatic carbocycles. The molecule has 0 aliphatic carbocycles. The van der Waals surface area contributed by atoms with Crippen LogP contribution in [0.5, 0.6) is 17.5 Å². The van der Waals surface area contributed by atoms with Crippen molar-refractivity contribution in [3.05, 3.63) is 42.2 Å². The van der Waals surface area contributed by atoms with Crippen molar-refractivity contribution < 1.29 is 13.9 Å². The molecule has 4 nitrogen and oxygen atoms in total. The minimum atomic E-state index is -0.448. The zero-order chi connectivity index (χ0) is 14.5. The van der Waals surface area contributed by atoms with Crippen LogP contribution >= 0.6 is 0 Å². The van der Waals surface area contributed by atoms with Gasteiger partial charge in [-0.15, -0.1) is 0 Å². The molecule has 106 valence electrons. The van der Waals surface area contributed by atoms with E-state index in [1.165, 1.54) is 12.1 Å². The van der Waals surface area contributed by atoms with Gasteiger partial charge in [-0.1, -0.05) is 26.0 Å². The van der Waals surface area contributed by atoms with Crippen LogP contribution in [0.4, 0.5) is 10.1 Å². The molecule has 0 saturated carbocycles. The van der Waals surface area contributed by atoms with Gasteiger partial charge < -0.3 is 15.2 Å². The minimum Gasteiger partial charge on any atom is -0.476 e. The second-order valence-electron chi connectivity index (χ2n) is 4.78. The molecule has 2 N–H and O–H groups in total. The van der Waals surface area contributed by atoms with E-state index in [1.807, 2.05) is 13.8 Å². The van der Waals surface area contributed by atoms with Crippen molar-refractivity contribution in [2.45, 2.75) is 13.8 Å². The maximum atomic E-state index is 13.5. The zero-order valence-electron chi connectivity index (χ0n) is 11.5. The molecule has 1 aromatic heterocycles. The summed E-state index contributed by atoms with van der Waals surface area (Å²) in [6.07, 6.45) is 0. The highest BCUT2D eigenvalue weighted by Gasteiger charge is 2.09. The molecule has 2 rings (SSSR count). The van der Waals surface area contributed by atoms with Gasteiger partial charge in [-0.25, -0.2) is 4.39 Å². The zero-order valence-corrected chi connectivity index (χ0v) is 11.5. The third-order valence-electron chi connectivity index (χ3n) is 2.47. The molecule has 0 aliphatic rings. The first kappa shape index (κ1) is 14.1. The number of nitrogens with two attached hydrogens (primary N) is 1. The number of para-hydroxylation sites is 1. The summed E-state index contributed by atoms with van der Waals surface area (Å²) in [6, 6.07) is 9.33. The Morgan fingerprint density at radius 1 is 1.20 bits per heavy atom. The lowest BCUT2D eigenvalue weighted by atomic mass is 10.2. The quantitative estimate of drug-likeness (QED) is 0.906. The van der Waals surface area contributed by atoms with Gasteiger partial charge in [-0.05, 0) is 24.1 Å². The van der Waals surface area contributed by atoms with Crippen molar-refractivity contribution >= 4 is 5.69 Å². The van der Waals surface area contributed by atoms with Crippen LogP contribution in [0.3, 0.4) is 0 Å². The molecule has 5 heteroatoms. The summed E-state index contributed by atoms with van der Waals surface area (Å²) in [5.74, 6) is 0.554. The Labute approximate surface area is 117 Å². The molecule has 0 saturated heterocycles. The lowest BCUT2D eigenvalue weighted by Gasteiger charge is -2.11. The standard InChI is InChI=1S/C15H17FN2O2/c1-10(2)9-19-15-12(17)7-8-14(18-15)20-13-6-4-3-5-11(13)16/h3-8,10H,9,17H2,1-2H3. The topological polar surface area (TPSA) is 57.4 Å². The van der Waals surface area contributed by atoms with E-state index < -0.39 is 5.82 Å². The first-order valence-electron chi connectivity index (χ1n) is 6.38. The molecule has 0 fully saturated rings. The van der Waals surface area contributed by atoms with Gasteiger partial charge in [0.2, 0.25) is 11.8 Å². The fraction of sp³-hybridized carbons (Fsp3) is 0.267. The predicted molar refractivity (Wildman–Crippen MR) is 75.5 cm³/mol. The molecule has 0 aliphatic heterocycles. The number of aromatic nitrogens is 1. The Bertz CT molecular complexity index is 588. The molecule has 0 atom stereocenters. The summed E-state index contributed by atoms with van der Waals surface area (Å²) in [6.45, 7) is 4.55. The first-order chi connectivity index (χ1) is 9.56. The minimum absolute atomic E-state index is 0.111. The number of benzene rings is 1. The molecule has 0 radical (unpaired) electrons. The number of anilines is 1. The van der Waals surface area contributed by atoms with Crippen molar-refractivity contribution in [2.75, 3.05) is 12.3 Å². The van der Waals surface area contributed by atoms with Crippen molar-refractivity contribution in [3.63, 3.8) is 0 Å². The van der Waals surface area contributed by atoms with Crippen LogP contribution < -0.4 is 15.2 Å². The first-order valence-corrected chi connectivity index (χ1v) is 6.38. The summed E-state index contributed by atoms with van der Waals surface area (Å²) in [5.41, 5.74) is 6.20. The van der Waals surface area contributed by atoms with Gasteiger partial charge in [0.05, 0.1) is 12.3 Å². The number of nitrogen functional groups attached to an aromatic ring is 1. The third-order valence-corrected chi connectivity index (χ3v) is 2.47. The molecule has 20 heavy (non-hydrogen) atoms. The average Bonchev–Trinajstić information content (AvgIpc) is 2.42. The van der Waals surface area contributed by atoms with Gasteiger partial charge in [-0.2, -0.15) is 4.98 Å². The monoisotopic (exact) mass is 276 g/mol. The molecular formula is C15H17FN2O2. The maximum Gasteiger partial charge on any atom is 0.240 e. The third kappa shape index (κ3) is 3.60. The van der Waals surface area contributed by atoms with E-state index in [9.17, 15) is 4.39 Å². The van der Waals surface area contributed by atoms with Crippen LogP contribution in [0, 0.1) is 11.7 Å². The normalized spacial score (nSPS) is 10.6. The number of rotatable bonds is 5. The lowest BCUT2D eigenvalue weighted by Crippen LogP contribution is -2.07. The Kier molecular flexibility index (Phi) is 4.40. The summed E-state index contributed by atoms with van der Waals surface area (Å²) in [4.78, 5) is 4.14. The van der Waals surface area contributed by atoms with Crippen LogP contribution in [-0.4, -0.2) is 11.6 Å². The number of ether oxygens (including phenoxy) is 2. The van der Waals surface area contributed by atoms with Gasteiger partial charge >= 0.3 is 0 Å².